The van der Waals surface area contributed by atoms with Crippen LogP contribution in [0.5, 0.6) is 5.75 Å². The number of nitrogens with two attached hydrogens (primary N) is 1. The molecule has 240 valence electrons. The van der Waals surface area contributed by atoms with Gasteiger partial charge in [0.25, 0.3) is 6.43 Å². The molecule has 0 bridgehead atoms. The number of aliphatic hydroxyl groups is 1. The van der Waals surface area contributed by atoms with Gasteiger partial charge < -0.3 is 29.4 Å². The lowest BCUT2D eigenvalue weighted by Crippen LogP contribution is -2.54. The lowest BCUT2D eigenvalue weighted by Gasteiger charge is -2.34. The topological polar surface area (TPSA) is 147 Å². The number of hydrogen-bond donors (Lipinski definition) is 3. The number of fused-ring (bicyclic) bond motifs is 1. The van der Waals surface area contributed by atoms with Crippen molar-refractivity contribution in [3.63, 3.8) is 0 Å². The van der Waals surface area contributed by atoms with Crippen molar-refractivity contribution in [3.8, 4) is 5.75 Å². The van der Waals surface area contributed by atoms with Gasteiger partial charge in [0.15, 0.2) is 23.3 Å². The van der Waals surface area contributed by atoms with Crippen molar-refractivity contribution < 1.29 is 50.4 Å². The summed E-state index contributed by atoms with van der Waals surface area (Å²) in [5.41, 5.74) is 0.101. The van der Waals surface area contributed by atoms with Crippen molar-refractivity contribution in [1.82, 2.24) is 14.6 Å². The zero-order chi connectivity index (χ0) is 32.6. The van der Waals surface area contributed by atoms with Crippen molar-refractivity contribution in [2.75, 3.05) is 12.3 Å². The minimum atomic E-state index is -4.60. The normalized spacial score (nSPS) is 23.5. The number of halogens is 5. The molecule has 1 unspecified atom stereocenters. The maximum atomic E-state index is 15.3. The lowest BCUT2D eigenvalue weighted by atomic mass is 9.96. The number of alkyl halides is 4. The number of rotatable bonds is 11. The number of aliphatic hydroxyl groups excluding tert-OH is 1. The van der Waals surface area contributed by atoms with Crippen molar-refractivity contribution in [2.24, 2.45) is 0 Å². The highest BCUT2D eigenvalue weighted by atomic mass is 32.5. The predicted octanol–water partition coefficient (Wildman–Crippen LogP) is 3.90. The molecule has 0 aliphatic carbocycles. The van der Waals surface area contributed by atoms with Crippen LogP contribution < -0.4 is 21.0 Å². The van der Waals surface area contributed by atoms with E-state index in [1.807, 2.05) is 6.07 Å². The monoisotopic (exact) mass is 666 g/mol. The fourth-order valence-electron chi connectivity index (χ4n) is 4.29. The summed E-state index contributed by atoms with van der Waals surface area (Å²) in [6.45, 7) is -1.18. The van der Waals surface area contributed by atoms with Crippen molar-refractivity contribution >= 4 is 41.0 Å². The second-order valence-electron chi connectivity index (χ2n) is 10.2. The summed E-state index contributed by atoms with van der Waals surface area (Å²) in [7, 11) is 0. The van der Waals surface area contributed by atoms with Crippen molar-refractivity contribution in [3.05, 3.63) is 65.0 Å². The Balaban J connectivity index is 1.69. The van der Waals surface area contributed by atoms with Crippen LogP contribution in [-0.2, 0) is 30.6 Å². The molecule has 5 atom stereocenters. The summed E-state index contributed by atoms with van der Waals surface area (Å²) in [6, 6.07) is 10.5. The molecule has 1 aromatic heterocycles. The first kappa shape index (κ1) is 33.7. The van der Waals surface area contributed by atoms with Gasteiger partial charge in [0.2, 0.25) is 6.23 Å². The van der Waals surface area contributed by atoms with Crippen LogP contribution in [0.25, 0.3) is 10.8 Å². The van der Waals surface area contributed by atoms with Gasteiger partial charge in [0.05, 0.1) is 18.9 Å². The van der Waals surface area contributed by atoms with Gasteiger partial charge in [-0.1, -0.05) is 30.3 Å². The Bertz CT molecular complexity index is 1650. The first-order chi connectivity index (χ1) is 20.5. The van der Waals surface area contributed by atoms with Crippen LogP contribution in [-0.4, -0.2) is 63.4 Å². The first-order valence-electron chi connectivity index (χ1n) is 13.0. The molecule has 2 aromatic carbocycles. The number of anilines is 1. The molecule has 4 N–H and O–H groups in total. The number of carbonyl (C=O) groups excluding carboxylic acids is 1. The number of aromatic nitrogens is 2. The maximum Gasteiger partial charge on any atom is 0.352 e. The number of esters is 1. The molecule has 0 spiro atoms. The number of benzene rings is 2. The summed E-state index contributed by atoms with van der Waals surface area (Å²) in [5.74, 6) is -7.70. The molecule has 1 aliphatic heterocycles. The highest BCUT2D eigenvalue weighted by Gasteiger charge is 2.71. The second kappa shape index (κ2) is 12.7. The molecular weight excluding hydrogens is 638 g/mol. The van der Waals surface area contributed by atoms with E-state index >= 15 is 8.78 Å². The highest BCUT2D eigenvalue weighted by molar-refractivity contribution is 8.09. The van der Waals surface area contributed by atoms with E-state index in [4.69, 9.17) is 36.1 Å². The van der Waals surface area contributed by atoms with E-state index < -0.39 is 79.0 Å². The minimum Gasteiger partial charge on any atom is -0.462 e. The zero-order valence-corrected chi connectivity index (χ0v) is 25.0. The number of nitrogens with zero attached hydrogens (tertiary/aromatic N) is 2. The number of nitrogen functional groups attached to an aromatic ring is 1. The Morgan fingerprint density at radius 3 is 2.52 bits per heavy atom. The quantitative estimate of drug-likeness (QED) is 0.156. The molecule has 0 radical (unpaired) electrons. The molecule has 1 saturated heterocycles. The van der Waals surface area contributed by atoms with Gasteiger partial charge >= 0.3 is 24.2 Å². The fourth-order valence-corrected chi connectivity index (χ4v) is 6.70. The Kier molecular flexibility index (Phi) is 9.68. The van der Waals surface area contributed by atoms with Gasteiger partial charge in [-0.25, -0.2) is 23.1 Å². The van der Waals surface area contributed by atoms with Crippen LogP contribution in [0.3, 0.4) is 0 Å². The summed E-state index contributed by atoms with van der Waals surface area (Å²) < 4.78 is 95.1. The van der Waals surface area contributed by atoms with E-state index in [0.717, 1.165) is 5.39 Å². The standard InChI is InChI=1S/C26H28F5N4O7PS/c1-13(2)40-20(36)14(3)34-43(44,42-17-9-8-15-6-4-5-7-16(15)10-17)39-12-25(22(28)29)21(37)26(30,31)23(41-25)35-11-18(27)19(32)33-24(35)38/h4-11,13-14,21-23,37H,12H2,1-3H3,(H,34,44)(H2,32,33,38)/t14-,21+,23+,25+,43?/m0/s1. The number of hydrogen-bond acceptors (Lipinski definition) is 10. The molecule has 44 heavy (non-hydrogen) atoms. The fraction of sp³-hybridized carbons (Fsp3) is 0.423. The van der Waals surface area contributed by atoms with Gasteiger partial charge in [-0.3, -0.25) is 9.36 Å². The molecular formula is C26H28F5N4O7PS. The van der Waals surface area contributed by atoms with Crippen LogP contribution >= 0.6 is 6.64 Å². The third-order valence-electron chi connectivity index (χ3n) is 6.51. The van der Waals surface area contributed by atoms with Gasteiger partial charge in [-0.15, -0.1) is 0 Å². The average molecular weight is 667 g/mol. The summed E-state index contributed by atoms with van der Waals surface area (Å²) in [6.07, 6.45) is -10.5. The Morgan fingerprint density at radius 1 is 1.23 bits per heavy atom. The third-order valence-corrected chi connectivity index (χ3v) is 8.99. The molecule has 11 nitrogen and oxygen atoms in total. The Labute approximate surface area is 252 Å². The molecule has 2 heterocycles. The van der Waals surface area contributed by atoms with Crippen molar-refractivity contribution in [2.45, 2.75) is 63.2 Å². The van der Waals surface area contributed by atoms with Gasteiger partial charge in [0, 0.05) is 0 Å². The number of nitrogens with one attached hydrogen (secondary N) is 1. The minimum absolute atomic E-state index is 0.0705. The second-order valence-corrected chi connectivity index (χ2v) is 13.3. The smallest absolute Gasteiger partial charge is 0.352 e. The maximum absolute atomic E-state index is 15.3. The van der Waals surface area contributed by atoms with Crippen LogP contribution in [0.2, 0.25) is 0 Å². The van der Waals surface area contributed by atoms with E-state index in [-0.39, 0.29) is 16.5 Å². The Morgan fingerprint density at radius 2 is 1.89 bits per heavy atom. The van der Waals surface area contributed by atoms with Gasteiger partial charge in [-0.2, -0.15) is 13.8 Å². The largest absolute Gasteiger partial charge is 0.462 e. The third kappa shape index (κ3) is 6.72. The summed E-state index contributed by atoms with van der Waals surface area (Å²) in [5, 5.41) is 14.6. The summed E-state index contributed by atoms with van der Waals surface area (Å²) in [4.78, 5) is 27.8. The highest BCUT2D eigenvalue weighted by Crippen LogP contribution is 2.53. The SMILES string of the molecule is CC(C)OC(=O)[C@H](C)NP(=S)(OC[C@@]1(C(F)F)O[C@@H](n2cc(F)c(N)nc2=O)C(F)(F)[C@@H]1O)Oc1ccc2ccccc2c1. The van der Waals surface area contributed by atoms with Gasteiger partial charge in [0.1, 0.15) is 11.8 Å². The van der Waals surface area contributed by atoms with E-state index in [1.54, 1.807) is 44.2 Å². The van der Waals surface area contributed by atoms with E-state index in [0.29, 0.717) is 5.39 Å². The molecule has 0 saturated carbocycles. The lowest BCUT2D eigenvalue weighted by molar-refractivity contribution is -0.192. The zero-order valence-electron chi connectivity index (χ0n) is 23.3. The van der Waals surface area contributed by atoms with Crippen LogP contribution in [0.4, 0.5) is 27.8 Å². The van der Waals surface area contributed by atoms with Crippen LogP contribution in [0.15, 0.2) is 53.5 Å². The van der Waals surface area contributed by atoms with Gasteiger partial charge in [-0.05, 0) is 55.5 Å². The van der Waals surface area contributed by atoms with E-state index in [1.165, 1.54) is 13.0 Å². The molecule has 1 fully saturated rings. The van der Waals surface area contributed by atoms with Crippen LogP contribution in [0, 0.1) is 5.82 Å². The van der Waals surface area contributed by atoms with Crippen LogP contribution in [0.1, 0.15) is 27.0 Å². The molecule has 18 heteroatoms. The molecule has 3 aromatic rings. The van der Waals surface area contributed by atoms with E-state index in [2.05, 4.69) is 10.1 Å². The average Bonchev–Trinajstić information content (AvgIpc) is 3.15. The predicted molar refractivity (Wildman–Crippen MR) is 151 cm³/mol. The Hall–Kier alpha value is -3.21. The number of ether oxygens (including phenoxy) is 2. The molecule has 1 aliphatic rings. The molecule has 0 amide bonds. The van der Waals surface area contributed by atoms with Crippen molar-refractivity contribution in [1.29, 1.82) is 0 Å². The summed E-state index contributed by atoms with van der Waals surface area (Å²) >= 11 is 5.51. The number of carbonyl (C=O) groups is 1. The van der Waals surface area contributed by atoms with E-state index in [9.17, 15) is 27.9 Å². The molecule has 4 rings (SSSR count). The first-order valence-corrected chi connectivity index (χ1v) is 15.6.